The van der Waals surface area contributed by atoms with Crippen molar-refractivity contribution in [3.8, 4) is 0 Å². The summed E-state index contributed by atoms with van der Waals surface area (Å²) in [6, 6.07) is 0. The maximum Gasteiger partial charge on any atom is 0.121 e. The number of nitrogens with zero attached hydrogens (tertiary/aromatic N) is 1. The van der Waals surface area contributed by atoms with E-state index in [4.69, 9.17) is 12.1 Å². The molecule has 0 amide bonds. The average molecular weight is 68.1 g/mol. The van der Waals surface area contributed by atoms with E-state index in [1.165, 1.54) is 6.92 Å². The van der Waals surface area contributed by atoms with Gasteiger partial charge in [0.15, 0.2) is 0 Å². The van der Waals surface area contributed by atoms with E-state index >= 15 is 0 Å². The van der Waals surface area contributed by atoms with Gasteiger partial charge in [-0.25, -0.2) is 4.99 Å². The topological polar surface area (TPSA) is 36.2 Å². The maximum atomic E-state index is 6.39. The molecule has 0 aliphatic heterocycles. The SMILES string of the molecule is [C]=NC(C)=N. The second kappa shape index (κ2) is 1.64. The fraction of sp³-hybridized carbons (Fsp3) is 0.333. The van der Waals surface area contributed by atoms with Crippen molar-refractivity contribution in [2.24, 2.45) is 4.99 Å². The molecule has 0 heterocycles. The van der Waals surface area contributed by atoms with Gasteiger partial charge >= 0.3 is 0 Å². The van der Waals surface area contributed by atoms with Gasteiger partial charge in [-0.3, -0.25) is 5.41 Å². The van der Waals surface area contributed by atoms with Crippen LogP contribution < -0.4 is 0 Å². The van der Waals surface area contributed by atoms with Gasteiger partial charge in [-0.15, -0.1) is 0 Å². The zero-order chi connectivity index (χ0) is 4.28. The summed E-state index contributed by atoms with van der Waals surface area (Å²) in [7, 11) is 0. The highest BCUT2D eigenvalue weighted by molar-refractivity contribution is 5.80. The van der Waals surface area contributed by atoms with Gasteiger partial charge in [0.05, 0.1) is 0 Å². The van der Waals surface area contributed by atoms with Gasteiger partial charge in [0.25, 0.3) is 0 Å². The minimum absolute atomic E-state index is 0.0463. The van der Waals surface area contributed by atoms with Crippen LogP contribution in [0.25, 0.3) is 0 Å². The van der Waals surface area contributed by atoms with Gasteiger partial charge in [-0.2, -0.15) is 0 Å². The fourth-order valence-corrected chi connectivity index (χ4v) is 0. The van der Waals surface area contributed by atoms with Crippen LogP contribution in [0.2, 0.25) is 0 Å². The third-order valence-corrected chi connectivity index (χ3v) is 0.168. The lowest BCUT2D eigenvalue weighted by atomic mass is 10.7. The molecule has 0 fully saturated rings. The van der Waals surface area contributed by atoms with Crippen molar-refractivity contribution >= 4 is 12.6 Å². The van der Waals surface area contributed by atoms with Crippen LogP contribution in [0.15, 0.2) is 4.99 Å². The van der Waals surface area contributed by atoms with Crippen molar-refractivity contribution in [1.82, 2.24) is 0 Å². The van der Waals surface area contributed by atoms with Gasteiger partial charge in [0, 0.05) is 0 Å². The summed E-state index contributed by atoms with van der Waals surface area (Å²) in [5.41, 5.74) is 0. The Balaban J connectivity index is 3.20. The van der Waals surface area contributed by atoms with E-state index in [-0.39, 0.29) is 5.84 Å². The predicted molar refractivity (Wildman–Crippen MR) is 20.8 cm³/mol. The van der Waals surface area contributed by atoms with Crippen LogP contribution in [0, 0.1) is 5.41 Å². The molecule has 0 aliphatic carbocycles. The van der Waals surface area contributed by atoms with E-state index in [0.717, 1.165) is 0 Å². The standard InChI is InChI=1S/C3H4N2/c1-3(4)5-2/h4H,1H3. The van der Waals surface area contributed by atoms with Gasteiger partial charge in [0.2, 0.25) is 0 Å². The van der Waals surface area contributed by atoms with Crippen LogP contribution in [-0.2, 0) is 0 Å². The van der Waals surface area contributed by atoms with Crippen molar-refractivity contribution in [2.45, 2.75) is 6.92 Å². The van der Waals surface area contributed by atoms with Crippen molar-refractivity contribution in [3.05, 3.63) is 0 Å². The molecule has 0 saturated carbocycles. The molecule has 2 nitrogen and oxygen atoms in total. The molecule has 0 spiro atoms. The van der Waals surface area contributed by atoms with E-state index in [1.807, 2.05) is 0 Å². The zero-order valence-corrected chi connectivity index (χ0v) is 2.95. The Kier molecular flexibility index (Phi) is 1.42. The molecule has 0 aromatic carbocycles. The fourth-order valence-electron chi connectivity index (χ4n) is 0. The number of hydrogen-bond acceptors (Lipinski definition) is 1. The van der Waals surface area contributed by atoms with E-state index < -0.39 is 0 Å². The first-order chi connectivity index (χ1) is 2.27. The molecule has 0 aromatic heterocycles. The third-order valence-electron chi connectivity index (χ3n) is 0.168. The van der Waals surface area contributed by atoms with Crippen LogP contribution >= 0.6 is 0 Å². The van der Waals surface area contributed by atoms with Crippen LogP contribution in [0.1, 0.15) is 6.92 Å². The lowest BCUT2D eigenvalue weighted by molar-refractivity contribution is 1.43. The minimum Gasteiger partial charge on any atom is -0.287 e. The number of aliphatic imine (C=N–C) groups is 1. The molecule has 0 atom stereocenters. The minimum atomic E-state index is 0.0463. The Morgan fingerprint density at radius 1 is 2.00 bits per heavy atom. The summed E-state index contributed by atoms with van der Waals surface area (Å²) < 4.78 is 0. The Hall–Kier alpha value is -0.660. The summed E-state index contributed by atoms with van der Waals surface area (Å²) in [6.45, 7) is 7.51. The van der Waals surface area contributed by atoms with Gasteiger partial charge in [-0.05, 0) is 6.92 Å². The second-order valence-electron chi connectivity index (χ2n) is 0.697. The summed E-state index contributed by atoms with van der Waals surface area (Å²) in [4.78, 5) is 2.72. The van der Waals surface area contributed by atoms with Gasteiger partial charge in [0.1, 0.15) is 12.6 Å². The second-order valence-corrected chi connectivity index (χ2v) is 0.697. The van der Waals surface area contributed by atoms with Crippen molar-refractivity contribution < 1.29 is 0 Å². The smallest absolute Gasteiger partial charge is 0.121 e. The Bertz CT molecular complexity index is 55.9. The van der Waals surface area contributed by atoms with E-state index in [1.54, 1.807) is 0 Å². The van der Waals surface area contributed by atoms with Crippen molar-refractivity contribution in [3.63, 3.8) is 0 Å². The zero-order valence-electron chi connectivity index (χ0n) is 2.95. The maximum absolute atomic E-state index is 6.39. The Labute approximate surface area is 31.0 Å². The number of hydrogen-bond donors (Lipinski definition) is 1. The normalized spacial score (nSPS) is 6.60. The van der Waals surface area contributed by atoms with E-state index in [9.17, 15) is 0 Å². The molecule has 2 radical (unpaired) electrons. The van der Waals surface area contributed by atoms with E-state index in [0.29, 0.717) is 0 Å². The molecule has 2 heteroatoms. The molecule has 0 aromatic rings. The summed E-state index contributed by atoms with van der Waals surface area (Å²) >= 11 is 0. The van der Waals surface area contributed by atoms with Crippen LogP contribution in [0.5, 0.6) is 0 Å². The molecule has 0 bridgehead atoms. The third kappa shape index (κ3) is 3.34. The first kappa shape index (κ1) is 4.34. The summed E-state index contributed by atoms with van der Waals surface area (Å²) in [6.07, 6.45) is 0. The average Bonchev–Trinajstić information content (AvgIpc) is 1.38. The molecule has 26 valence electrons. The number of amidine groups is 1. The quantitative estimate of drug-likeness (QED) is 0.316. The largest absolute Gasteiger partial charge is 0.287 e. The Morgan fingerprint density at radius 2 is 2.20 bits per heavy atom. The number of rotatable bonds is 0. The van der Waals surface area contributed by atoms with E-state index in [2.05, 4.69) is 4.99 Å². The highest BCUT2D eigenvalue weighted by Gasteiger charge is 1.64. The monoisotopic (exact) mass is 68.0 g/mol. The molecule has 0 saturated heterocycles. The molecule has 0 unspecified atom stereocenters. The molecular formula is C3H4N2. The molecular weight excluding hydrogens is 64.0 g/mol. The first-order valence-corrected chi connectivity index (χ1v) is 1.20. The van der Waals surface area contributed by atoms with Crippen molar-refractivity contribution in [1.29, 1.82) is 5.41 Å². The molecule has 0 rings (SSSR count). The first-order valence-electron chi connectivity index (χ1n) is 1.20. The predicted octanol–water partition coefficient (Wildman–Crippen LogP) is 0.438. The highest BCUT2D eigenvalue weighted by Crippen LogP contribution is 1.60. The highest BCUT2D eigenvalue weighted by atomic mass is 14.8. The number of nitrogens with one attached hydrogen (secondary N) is 1. The lowest BCUT2D eigenvalue weighted by Crippen LogP contribution is -1.73. The van der Waals surface area contributed by atoms with Crippen LogP contribution in [0.4, 0.5) is 0 Å². The lowest BCUT2D eigenvalue weighted by Gasteiger charge is -1.68. The molecule has 1 N–H and O–H groups in total. The molecule has 0 aliphatic rings. The van der Waals surface area contributed by atoms with Crippen LogP contribution in [-0.4, -0.2) is 12.6 Å². The van der Waals surface area contributed by atoms with Gasteiger partial charge in [-0.1, -0.05) is 0 Å². The van der Waals surface area contributed by atoms with Crippen LogP contribution in [0.3, 0.4) is 0 Å². The van der Waals surface area contributed by atoms with Gasteiger partial charge < -0.3 is 0 Å². The van der Waals surface area contributed by atoms with Crippen molar-refractivity contribution in [2.75, 3.05) is 0 Å². The Morgan fingerprint density at radius 3 is 2.20 bits per heavy atom. The summed E-state index contributed by atoms with van der Waals surface area (Å²) in [5.74, 6) is 0.0463. The summed E-state index contributed by atoms with van der Waals surface area (Å²) in [5, 5.41) is 6.39. The molecule has 5 heavy (non-hydrogen) atoms.